The molecule has 1 aliphatic rings. The number of hydrogen-bond acceptors (Lipinski definition) is 5. The van der Waals surface area contributed by atoms with Gasteiger partial charge in [0.2, 0.25) is 11.8 Å². The van der Waals surface area contributed by atoms with E-state index in [2.05, 4.69) is 11.4 Å². The van der Waals surface area contributed by atoms with E-state index in [4.69, 9.17) is 9.47 Å². The van der Waals surface area contributed by atoms with Crippen molar-refractivity contribution in [3.63, 3.8) is 0 Å². The average Bonchev–Trinajstić information content (AvgIpc) is 2.73. The Morgan fingerprint density at radius 1 is 1.24 bits per heavy atom. The van der Waals surface area contributed by atoms with Crippen LogP contribution >= 0.6 is 0 Å². The normalized spacial score (nSPS) is 16.1. The number of carbonyl (C=O) groups is 2. The second-order valence-electron chi connectivity index (χ2n) is 7.71. The molecule has 1 heterocycles. The van der Waals surface area contributed by atoms with Gasteiger partial charge in [0.05, 0.1) is 32.5 Å². The van der Waals surface area contributed by atoms with Gasteiger partial charge in [-0.25, -0.2) is 0 Å². The minimum absolute atomic E-state index is 0.0389. The molecule has 2 rings (SSSR count). The van der Waals surface area contributed by atoms with Crippen molar-refractivity contribution in [3.05, 3.63) is 35.9 Å². The molecule has 1 saturated heterocycles. The van der Waals surface area contributed by atoms with E-state index in [0.717, 1.165) is 5.56 Å². The van der Waals surface area contributed by atoms with Crippen molar-refractivity contribution in [2.75, 3.05) is 32.9 Å². The molecular weight excluding hydrogens is 370 g/mol. The Bertz CT molecular complexity index is 681. The SMILES string of the molecule is CC(C)CC(CC(=O)N1CCOCC1)C(=O)NC(C#N)COCc1ccccc1. The van der Waals surface area contributed by atoms with Gasteiger partial charge in [0, 0.05) is 25.4 Å². The molecule has 7 heteroatoms. The van der Waals surface area contributed by atoms with Gasteiger partial charge in [-0.15, -0.1) is 0 Å². The van der Waals surface area contributed by atoms with E-state index in [0.29, 0.717) is 39.3 Å². The fourth-order valence-electron chi connectivity index (χ4n) is 3.27. The number of morpholine rings is 1. The summed E-state index contributed by atoms with van der Waals surface area (Å²) < 4.78 is 10.9. The Labute approximate surface area is 173 Å². The van der Waals surface area contributed by atoms with Crippen LogP contribution in [0, 0.1) is 23.2 Å². The van der Waals surface area contributed by atoms with E-state index < -0.39 is 12.0 Å². The highest BCUT2D eigenvalue weighted by Crippen LogP contribution is 2.18. The third-order valence-electron chi connectivity index (χ3n) is 4.78. The lowest BCUT2D eigenvalue weighted by atomic mass is 9.92. The number of carbonyl (C=O) groups excluding carboxylic acids is 2. The lowest BCUT2D eigenvalue weighted by Crippen LogP contribution is -2.45. The lowest BCUT2D eigenvalue weighted by molar-refractivity contribution is -0.139. The maximum atomic E-state index is 12.8. The molecule has 0 saturated carbocycles. The second kappa shape index (κ2) is 12.2. The van der Waals surface area contributed by atoms with Gasteiger partial charge in [0.1, 0.15) is 6.04 Å². The van der Waals surface area contributed by atoms with Gasteiger partial charge in [0.25, 0.3) is 0 Å². The van der Waals surface area contributed by atoms with Crippen LogP contribution in [0.1, 0.15) is 32.3 Å². The van der Waals surface area contributed by atoms with E-state index in [1.165, 1.54) is 0 Å². The van der Waals surface area contributed by atoms with E-state index in [1.807, 2.05) is 44.2 Å². The Morgan fingerprint density at radius 2 is 1.93 bits per heavy atom. The molecule has 158 valence electrons. The third-order valence-corrected chi connectivity index (χ3v) is 4.78. The van der Waals surface area contributed by atoms with Gasteiger partial charge in [-0.3, -0.25) is 9.59 Å². The number of rotatable bonds is 10. The Morgan fingerprint density at radius 3 is 2.55 bits per heavy atom. The molecule has 2 atom stereocenters. The van der Waals surface area contributed by atoms with Crippen LogP contribution in [-0.4, -0.2) is 55.7 Å². The van der Waals surface area contributed by atoms with Crippen molar-refractivity contribution in [2.45, 2.75) is 39.3 Å². The number of hydrogen-bond donors (Lipinski definition) is 1. The lowest BCUT2D eigenvalue weighted by Gasteiger charge is -2.29. The number of ether oxygens (including phenoxy) is 2. The first-order valence-electron chi connectivity index (χ1n) is 10.2. The molecule has 1 aliphatic heterocycles. The summed E-state index contributed by atoms with van der Waals surface area (Å²) in [5.74, 6) is -0.508. The molecule has 0 spiro atoms. The van der Waals surface area contributed by atoms with E-state index >= 15 is 0 Å². The van der Waals surface area contributed by atoms with Gasteiger partial charge < -0.3 is 19.7 Å². The smallest absolute Gasteiger partial charge is 0.224 e. The Kier molecular flexibility index (Phi) is 9.62. The molecule has 0 aromatic heterocycles. The fourth-order valence-corrected chi connectivity index (χ4v) is 3.27. The fraction of sp³-hybridized carbons (Fsp3) is 0.591. The first kappa shape index (κ1) is 22.9. The highest BCUT2D eigenvalue weighted by Gasteiger charge is 2.28. The summed E-state index contributed by atoms with van der Waals surface area (Å²) in [5, 5.41) is 12.1. The number of nitrogens with zero attached hydrogens (tertiary/aromatic N) is 2. The molecule has 0 aliphatic carbocycles. The quantitative estimate of drug-likeness (QED) is 0.648. The monoisotopic (exact) mass is 401 g/mol. The van der Waals surface area contributed by atoms with Crippen LogP contribution < -0.4 is 5.32 Å². The first-order valence-corrected chi connectivity index (χ1v) is 10.2. The third kappa shape index (κ3) is 8.22. The number of nitrogens with one attached hydrogen (secondary N) is 1. The molecular formula is C22H31N3O4. The van der Waals surface area contributed by atoms with E-state index in [-0.39, 0.29) is 30.8 Å². The predicted octanol–water partition coefficient (Wildman–Crippen LogP) is 2.12. The van der Waals surface area contributed by atoms with Crippen LogP contribution in [0.2, 0.25) is 0 Å². The molecule has 7 nitrogen and oxygen atoms in total. The topological polar surface area (TPSA) is 91.7 Å². The Balaban J connectivity index is 1.87. The van der Waals surface area contributed by atoms with Crippen LogP contribution in [0.25, 0.3) is 0 Å². The minimum atomic E-state index is -0.751. The van der Waals surface area contributed by atoms with Crippen molar-refractivity contribution in [2.24, 2.45) is 11.8 Å². The molecule has 1 aromatic carbocycles. The van der Waals surface area contributed by atoms with Gasteiger partial charge in [0.15, 0.2) is 0 Å². The van der Waals surface area contributed by atoms with Crippen molar-refractivity contribution >= 4 is 11.8 Å². The van der Waals surface area contributed by atoms with Crippen LogP contribution in [0.15, 0.2) is 30.3 Å². The van der Waals surface area contributed by atoms with Crippen LogP contribution in [0.3, 0.4) is 0 Å². The standard InChI is InChI=1S/C22H31N3O4/c1-17(2)12-19(13-21(26)25-8-10-28-11-9-25)22(27)24-20(14-23)16-29-15-18-6-4-3-5-7-18/h3-7,17,19-20H,8-13,15-16H2,1-2H3,(H,24,27). The Hall–Kier alpha value is -2.43. The number of benzene rings is 1. The first-order chi connectivity index (χ1) is 14.0. The summed E-state index contributed by atoms with van der Waals surface area (Å²) in [7, 11) is 0. The van der Waals surface area contributed by atoms with Gasteiger partial charge in [-0.1, -0.05) is 44.2 Å². The van der Waals surface area contributed by atoms with Crippen molar-refractivity contribution in [1.29, 1.82) is 5.26 Å². The van der Waals surface area contributed by atoms with Gasteiger partial charge in [-0.05, 0) is 17.9 Å². The molecule has 2 unspecified atom stereocenters. The van der Waals surface area contributed by atoms with Crippen LogP contribution in [-0.2, 0) is 25.7 Å². The van der Waals surface area contributed by atoms with Crippen molar-refractivity contribution in [3.8, 4) is 6.07 Å². The summed E-state index contributed by atoms with van der Waals surface area (Å²) in [4.78, 5) is 27.1. The zero-order chi connectivity index (χ0) is 21.1. The molecule has 0 bridgehead atoms. The highest BCUT2D eigenvalue weighted by atomic mass is 16.5. The minimum Gasteiger partial charge on any atom is -0.378 e. The van der Waals surface area contributed by atoms with Gasteiger partial charge in [-0.2, -0.15) is 5.26 Å². The van der Waals surface area contributed by atoms with Crippen molar-refractivity contribution in [1.82, 2.24) is 10.2 Å². The molecule has 0 radical (unpaired) electrons. The summed E-state index contributed by atoms with van der Waals surface area (Å²) in [6, 6.07) is 11.0. The van der Waals surface area contributed by atoms with Gasteiger partial charge >= 0.3 is 0 Å². The molecule has 1 aromatic rings. The summed E-state index contributed by atoms with van der Waals surface area (Å²) in [6.45, 7) is 6.69. The summed E-state index contributed by atoms with van der Waals surface area (Å²) >= 11 is 0. The number of amides is 2. The number of nitriles is 1. The molecule has 29 heavy (non-hydrogen) atoms. The zero-order valence-electron chi connectivity index (χ0n) is 17.3. The highest BCUT2D eigenvalue weighted by molar-refractivity contribution is 5.86. The van der Waals surface area contributed by atoms with E-state index in [1.54, 1.807) is 4.90 Å². The largest absolute Gasteiger partial charge is 0.378 e. The molecule has 1 N–H and O–H groups in total. The van der Waals surface area contributed by atoms with E-state index in [9.17, 15) is 14.9 Å². The molecule has 2 amide bonds. The molecule has 1 fully saturated rings. The maximum Gasteiger partial charge on any atom is 0.224 e. The van der Waals surface area contributed by atoms with Crippen LogP contribution in [0.5, 0.6) is 0 Å². The maximum absolute atomic E-state index is 12.8. The average molecular weight is 402 g/mol. The summed E-state index contributed by atoms with van der Waals surface area (Å²) in [6.07, 6.45) is 0.734. The second-order valence-corrected chi connectivity index (χ2v) is 7.71. The predicted molar refractivity (Wildman–Crippen MR) is 109 cm³/mol. The summed E-state index contributed by atoms with van der Waals surface area (Å²) in [5.41, 5.74) is 1.00. The van der Waals surface area contributed by atoms with Crippen LogP contribution in [0.4, 0.5) is 0 Å². The van der Waals surface area contributed by atoms with Crippen molar-refractivity contribution < 1.29 is 19.1 Å². The zero-order valence-corrected chi connectivity index (χ0v) is 17.3.